The summed E-state index contributed by atoms with van der Waals surface area (Å²) in [4.78, 5) is 12.3. The molecule has 4 nitrogen and oxygen atoms in total. The van der Waals surface area contributed by atoms with E-state index in [9.17, 15) is 4.79 Å². The maximum Gasteiger partial charge on any atom is 0.255 e. The van der Waals surface area contributed by atoms with Gasteiger partial charge in [-0.3, -0.25) is 4.79 Å². The highest BCUT2D eigenvalue weighted by Crippen LogP contribution is 2.30. The Kier molecular flexibility index (Phi) is 4.66. The van der Waals surface area contributed by atoms with Gasteiger partial charge in [0.1, 0.15) is 0 Å². The lowest BCUT2D eigenvalue weighted by atomic mass is 9.95. The summed E-state index contributed by atoms with van der Waals surface area (Å²) in [6.45, 7) is 0. The standard InChI is InChI=1S/C15H21NO3/c1-18-13-10-6-9-12(14(13)19-2)15(17)16-11-7-4-3-5-8-11/h6,9-11H,3-5,7-8H2,1-2H3,(H,16,17). The van der Waals surface area contributed by atoms with Crippen LogP contribution >= 0.6 is 0 Å². The number of hydrogen-bond acceptors (Lipinski definition) is 3. The van der Waals surface area contributed by atoms with Gasteiger partial charge in [-0.05, 0) is 25.0 Å². The van der Waals surface area contributed by atoms with E-state index < -0.39 is 0 Å². The molecule has 0 saturated heterocycles. The minimum Gasteiger partial charge on any atom is -0.493 e. The molecule has 1 saturated carbocycles. The van der Waals surface area contributed by atoms with Gasteiger partial charge in [-0.1, -0.05) is 25.3 Å². The van der Waals surface area contributed by atoms with Crippen LogP contribution in [-0.2, 0) is 0 Å². The number of hydrogen-bond donors (Lipinski definition) is 1. The number of carbonyl (C=O) groups excluding carboxylic acids is 1. The van der Waals surface area contributed by atoms with Crippen LogP contribution in [0.3, 0.4) is 0 Å². The quantitative estimate of drug-likeness (QED) is 0.908. The van der Waals surface area contributed by atoms with E-state index in [1.807, 2.05) is 0 Å². The topological polar surface area (TPSA) is 47.6 Å². The Morgan fingerprint density at radius 1 is 1.16 bits per heavy atom. The molecule has 104 valence electrons. The smallest absolute Gasteiger partial charge is 0.255 e. The zero-order valence-electron chi connectivity index (χ0n) is 11.6. The molecule has 0 atom stereocenters. The van der Waals surface area contributed by atoms with Gasteiger partial charge in [0.2, 0.25) is 0 Å². The third kappa shape index (κ3) is 3.19. The number of methoxy groups -OCH3 is 2. The molecule has 1 N–H and O–H groups in total. The molecule has 1 aliphatic rings. The number of rotatable bonds is 4. The molecule has 2 rings (SSSR count). The molecule has 0 aliphatic heterocycles. The molecular weight excluding hydrogens is 242 g/mol. The van der Waals surface area contributed by atoms with Crippen molar-refractivity contribution in [3.8, 4) is 11.5 Å². The fourth-order valence-electron chi connectivity index (χ4n) is 2.58. The van der Waals surface area contributed by atoms with Gasteiger partial charge in [-0.25, -0.2) is 0 Å². The highest BCUT2D eigenvalue weighted by atomic mass is 16.5. The molecule has 1 aromatic carbocycles. The molecular formula is C15H21NO3. The number of carbonyl (C=O) groups is 1. The Morgan fingerprint density at radius 3 is 2.53 bits per heavy atom. The molecule has 0 unspecified atom stereocenters. The molecule has 1 fully saturated rings. The van der Waals surface area contributed by atoms with E-state index in [0.29, 0.717) is 17.1 Å². The highest BCUT2D eigenvalue weighted by molar-refractivity contribution is 5.98. The maximum absolute atomic E-state index is 12.3. The summed E-state index contributed by atoms with van der Waals surface area (Å²) in [5.74, 6) is 1.000. The van der Waals surface area contributed by atoms with E-state index in [0.717, 1.165) is 12.8 Å². The fraction of sp³-hybridized carbons (Fsp3) is 0.533. The van der Waals surface area contributed by atoms with E-state index in [4.69, 9.17) is 9.47 Å². The third-order valence-electron chi connectivity index (χ3n) is 3.59. The molecule has 1 aliphatic carbocycles. The lowest BCUT2D eigenvalue weighted by molar-refractivity contribution is 0.0924. The lowest BCUT2D eigenvalue weighted by Crippen LogP contribution is -2.36. The summed E-state index contributed by atoms with van der Waals surface area (Å²) < 4.78 is 10.5. The number of ether oxygens (including phenoxy) is 2. The first-order chi connectivity index (χ1) is 9.26. The average molecular weight is 263 g/mol. The monoisotopic (exact) mass is 263 g/mol. The Labute approximate surface area is 114 Å². The van der Waals surface area contributed by atoms with Crippen LogP contribution < -0.4 is 14.8 Å². The van der Waals surface area contributed by atoms with Crippen LogP contribution in [0.4, 0.5) is 0 Å². The predicted molar refractivity (Wildman–Crippen MR) is 73.9 cm³/mol. The van der Waals surface area contributed by atoms with Crippen molar-refractivity contribution in [1.82, 2.24) is 5.32 Å². The van der Waals surface area contributed by atoms with Crippen molar-refractivity contribution >= 4 is 5.91 Å². The summed E-state index contributed by atoms with van der Waals surface area (Å²) >= 11 is 0. The zero-order valence-corrected chi connectivity index (χ0v) is 11.6. The zero-order chi connectivity index (χ0) is 13.7. The normalized spacial score (nSPS) is 15.9. The number of benzene rings is 1. The minimum atomic E-state index is -0.0809. The number of para-hydroxylation sites is 1. The van der Waals surface area contributed by atoms with Gasteiger partial charge >= 0.3 is 0 Å². The third-order valence-corrected chi connectivity index (χ3v) is 3.59. The molecule has 0 bridgehead atoms. The van der Waals surface area contributed by atoms with Gasteiger partial charge in [0.25, 0.3) is 5.91 Å². The second kappa shape index (κ2) is 6.45. The van der Waals surface area contributed by atoms with Crippen LogP contribution in [0.25, 0.3) is 0 Å². The maximum atomic E-state index is 12.3. The second-order valence-electron chi connectivity index (χ2n) is 4.85. The van der Waals surface area contributed by atoms with E-state index in [-0.39, 0.29) is 11.9 Å². The van der Waals surface area contributed by atoms with Crippen molar-refractivity contribution in [2.24, 2.45) is 0 Å². The van der Waals surface area contributed by atoms with Crippen molar-refractivity contribution in [2.45, 2.75) is 38.1 Å². The molecule has 0 heterocycles. The molecule has 1 aromatic rings. The van der Waals surface area contributed by atoms with Crippen LogP contribution in [0.5, 0.6) is 11.5 Å². The second-order valence-corrected chi connectivity index (χ2v) is 4.85. The van der Waals surface area contributed by atoms with Crippen molar-refractivity contribution in [2.75, 3.05) is 14.2 Å². The van der Waals surface area contributed by atoms with Gasteiger partial charge in [-0.2, -0.15) is 0 Å². The van der Waals surface area contributed by atoms with E-state index >= 15 is 0 Å². The molecule has 4 heteroatoms. The van der Waals surface area contributed by atoms with Gasteiger partial charge in [0.15, 0.2) is 11.5 Å². The van der Waals surface area contributed by atoms with Crippen molar-refractivity contribution < 1.29 is 14.3 Å². The SMILES string of the molecule is COc1cccc(C(=O)NC2CCCCC2)c1OC. The van der Waals surface area contributed by atoms with E-state index in [1.54, 1.807) is 32.4 Å². The summed E-state index contributed by atoms with van der Waals surface area (Å²) in [5, 5.41) is 3.09. The summed E-state index contributed by atoms with van der Waals surface area (Å²) in [6.07, 6.45) is 5.80. The van der Waals surface area contributed by atoms with Crippen LogP contribution in [0.2, 0.25) is 0 Å². The lowest BCUT2D eigenvalue weighted by Gasteiger charge is -2.23. The summed E-state index contributed by atoms with van der Waals surface area (Å²) in [6, 6.07) is 5.64. The predicted octanol–water partition coefficient (Wildman–Crippen LogP) is 2.77. The fourth-order valence-corrected chi connectivity index (χ4v) is 2.58. The Balaban J connectivity index is 2.13. The minimum absolute atomic E-state index is 0.0809. The van der Waals surface area contributed by atoms with Crippen LogP contribution in [0.1, 0.15) is 42.5 Å². The van der Waals surface area contributed by atoms with Crippen LogP contribution in [0.15, 0.2) is 18.2 Å². The Hall–Kier alpha value is -1.71. The highest BCUT2D eigenvalue weighted by Gasteiger charge is 2.20. The first kappa shape index (κ1) is 13.7. The first-order valence-corrected chi connectivity index (χ1v) is 6.78. The number of nitrogens with one attached hydrogen (secondary N) is 1. The van der Waals surface area contributed by atoms with Crippen LogP contribution in [0, 0.1) is 0 Å². The average Bonchev–Trinajstić information content (AvgIpc) is 2.47. The van der Waals surface area contributed by atoms with Gasteiger partial charge in [0, 0.05) is 6.04 Å². The number of amides is 1. The molecule has 1 amide bonds. The van der Waals surface area contributed by atoms with Gasteiger partial charge in [0.05, 0.1) is 19.8 Å². The molecule has 0 aromatic heterocycles. The van der Waals surface area contributed by atoms with Crippen LogP contribution in [-0.4, -0.2) is 26.2 Å². The largest absolute Gasteiger partial charge is 0.493 e. The van der Waals surface area contributed by atoms with Crippen molar-refractivity contribution in [3.63, 3.8) is 0 Å². The van der Waals surface area contributed by atoms with Crippen molar-refractivity contribution in [3.05, 3.63) is 23.8 Å². The first-order valence-electron chi connectivity index (χ1n) is 6.78. The van der Waals surface area contributed by atoms with Crippen molar-refractivity contribution in [1.29, 1.82) is 0 Å². The molecule has 0 radical (unpaired) electrons. The van der Waals surface area contributed by atoms with Gasteiger partial charge in [-0.15, -0.1) is 0 Å². The van der Waals surface area contributed by atoms with E-state index in [1.165, 1.54) is 19.3 Å². The van der Waals surface area contributed by atoms with Gasteiger partial charge < -0.3 is 14.8 Å². The Morgan fingerprint density at radius 2 is 1.89 bits per heavy atom. The molecule has 19 heavy (non-hydrogen) atoms. The van der Waals surface area contributed by atoms with E-state index in [2.05, 4.69) is 5.32 Å². The summed E-state index contributed by atoms with van der Waals surface area (Å²) in [5.41, 5.74) is 0.535. The molecule has 0 spiro atoms. The Bertz CT molecular complexity index is 439. The summed E-state index contributed by atoms with van der Waals surface area (Å²) in [7, 11) is 3.12.